The quantitative estimate of drug-likeness (QED) is 0.152. The lowest BCUT2D eigenvalue weighted by Gasteiger charge is -2.35. The SMILES string of the molecule is Cc1cc(C)c(-c2ccc3c(c2)c2cc(-c4c(C)cc(C)cc4C)cc4c2n3-c2cc(C)cc3c2B4c2cc(-c4ccccc4-c4ccccc4)cc(-c4ccccc4-c4ccccc4)c2O3)c(C)c1. The maximum atomic E-state index is 7.55. The number of aromatic nitrogens is 1. The Hall–Kier alpha value is -8.14. The van der Waals surface area contributed by atoms with Crippen LogP contribution >= 0.6 is 0 Å². The normalized spacial score (nSPS) is 12.3. The Morgan fingerprint density at radius 1 is 0.371 bits per heavy atom. The van der Waals surface area contributed by atoms with Gasteiger partial charge < -0.3 is 9.30 Å². The zero-order valence-electron chi connectivity index (χ0n) is 40.8. The summed E-state index contributed by atoms with van der Waals surface area (Å²) in [6.45, 7) is 15.6. The van der Waals surface area contributed by atoms with Crippen molar-refractivity contribution >= 4 is 44.9 Å². The summed E-state index contributed by atoms with van der Waals surface area (Å²) in [5.74, 6) is 1.83. The average molecular weight is 898 g/mol. The maximum Gasteiger partial charge on any atom is 0.256 e. The lowest BCUT2D eigenvalue weighted by Crippen LogP contribution is -2.58. The first kappa shape index (κ1) is 42.0. The van der Waals surface area contributed by atoms with Crippen molar-refractivity contribution in [1.82, 2.24) is 4.57 Å². The Morgan fingerprint density at radius 3 is 1.49 bits per heavy atom. The topological polar surface area (TPSA) is 14.2 Å². The first-order valence-electron chi connectivity index (χ1n) is 24.7. The zero-order chi connectivity index (χ0) is 47.5. The Bertz CT molecular complexity index is 3940. The van der Waals surface area contributed by atoms with Gasteiger partial charge in [-0.1, -0.05) is 163 Å². The van der Waals surface area contributed by atoms with Gasteiger partial charge in [0, 0.05) is 27.5 Å². The van der Waals surface area contributed by atoms with Crippen LogP contribution in [0.3, 0.4) is 0 Å². The maximum absolute atomic E-state index is 7.55. The number of hydrogen-bond donors (Lipinski definition) is 0. The molecule has 2 aliphatic heterocycles. The van der Waals surface area contributed by atoms with E-state index in [9.17, 15) is 0 Å². The van der Waals surface area contributed by atoms with Crippen molar-refractivity contribution in [2.24, 2.45) is 0 Å². The van der Waals surface area contributed by atoms with Crippen LogP contribution in [0, 0.1) is 48.5 Å². The standard InChI is InChI=1S/C67H52BNO/c1-39-28-42(4)63(43(5)29-39)48-26-27-60-55(34-48)56-36-50(64-44(6)30-40(2)31-45(64)7)38-58-66(56)69(60)61-32-41(3)33-62-65(61)68(58)59-37-49(53-24-15-14-22-51(53)46-18-10-8-11-19-46)35-57(67(59)70-62)54-25-17-16-23-52(54)47-20-12-9-13-21-47/h8-38H,1-7H3. The van der Waals surface area contributed by atoms with Crippen molar-refractivity contribution in [2.45, 2.75) is 48.5 Å². The van der Waals surface area contributed by atoms with Gasteiger partial charge in [-0.15, -0.1) is 0 Å². The number of benzene rings is 10. The number of aryl methyl sites for hydroxylation is 7. The highest BCUT2D eigenvalue weighted by atomic mass is 16.5. The Kier molecular flexibility index (Phi) is 9.58. The summed E-state index contributed by atoms with van der Waals surface area (Å²) in [6.07, 6.45) is 0. The van der Waals surface area contributed by atoms with Crippen LogP contribution < -0.4 is 21.1 Å². The van der Waals surface area contributed by atoms with Gasteiger partial charge in [-0.3, -0.25) is 0 Å². The van der Waals surface area contributed by atoms with Gasteiger partial charge in [-0.25, -0.2) is 0 Å². The average Bonchev–Trinajstić information content (AvgIpc) is 3.69. The molecule has 0 fully saturated rings. The van der Waals surface area contributed by atoms with E-state index in [0.29, 0.717) is 0 Å². The highest BCUT2D eigenvalue weighted by Crippen LogP contribution is 2.47. The highest BCUT2D eigenvalue weighted by Gasteiger charge is 2.42. The van der Waals surface area contributed by atoms with E-state index in [1.54, 1.807) is 0 Å². The minimum Gasteiger partial charge on any atom is -0.458 e. The lowest BCUT2D eigenvalue weighted by molar-refractivity contribution is 0.488. The lowest BCUT2D eigenvalue weighted by atomic mass is 9.34. The minimum absolute atomic E-state index is 0.132. The third-order valence-electron chi connectivity index (χ3n) is 15.2. The summed E-state index contributed by atoms with van der Waals surface area (Å²) in [6, 6.07) is 70.4. The van der Waals surface area contributed by atoms with E-state index in [4.69, 9.17) is 4.74 Å². The number of ether oxygens (including phenoxy) is 1. The summed E-state index contributed by atoms with van der Waals surface area (Å²) in [4.78, 5) is 0. The molecule has 0 spiro atoms. The van der Waals surface area contributed by atoms with E-state index in [1.807, 2.05) is 0 Å². The molecule has 70 heavy (non-hydrogen) atoms. The minimum atomic E-state index is -0.132. The first-order chi connectivity index (χ1) is 34.1. The van der Waals surface area contributed by atoms with Crippen LogP contribution in [0.4, 0.5) is 0 Å². The van der Waals surface area contributed by atoms with Crippen LogP contribution in [0.5, 0.6) is 11.5 Å². The molecule has 0 bridgehead atoms. The van der Waals surface area contributed by atoms with E-state index in [0.717, 1.165) is 28.2 Å². The van der Waals surface area contributed by atoms with Crippen molar-refractivity contribution in [3.63, 3.8) is 0 Å². The van der Waals surface area contributed by atoms with E-state index < -0.39 is 0 Å². The van der Waals surface area contributed by atoms with E-state index in [2.05, 4.69) is 241 Å². The number of hydrogen-bond acceptors (Lipinski definition) is 1. The van der Waals surface area contributed by atoms with Gasteiger partial charge in [0.15, 0.2) is 0 Å². The molecular formula is C67H52BNO. The molecule has 0 N–H and O–H groups in total. The van der Waals surface area contributed by atoms with E-state index >= 15 is 0 Å². The summed E-state index contributed by atoms with van der Waals surface area (Å²) in [5.41, 5.74) is 30.7. The molecule has 3 heterocycles. The van der Waals surface area contributed by atoms with E-state index in [-0.39, 0.29) is 6.71 Å². The van der Waals surface area contributed by atoms with Gasteiger partial charge in [-0.05, 0) is 190 Å². The van der Waals surface area contributed by atoms with Gasteiger partial charge in [0.2, 0.25) is 0 Å². The van der Waals surface area contributed by atoms with Crippen LogP contribution in [0.25, 0.3) is 94.3 Å². The molecule has 1 aromatic heterocycles. The van der Waals surface area contributed by atoms with Crippen molar-refractivity contribution in [3.8, 4) is 83.9 Å². The molecule has 3 heteroatoms. The first-order valence-corrected chi connectivity index (χ1v) is 24.7. The fourth-order valence-electron chi connectivity index (χ4n) is 12.6. The predicted octanol–water partition coefficient (Wildman–Crippen LogP) is 15.9. The van der Waals surface area contributed by atoms with Crippen molar-refractivity contribution < 1.29 is 4.74 Å². The summed E-state index contributed by atoms with van der Waals surface area (Å²) in [5, 5.41) is 2.53. The molecule has 334 valence electrons. The molecule has 11 aromatic rings. The summed E-state index contributed by atoms with van der Waals surface area (Å²) in [7, 11) is 0. The fourth-order valence-corrected chi connectivity index (χ4v) is 12.6. The van der Waals surface area contributed by atoms with Crippen LogP contribution in [0.2, 0.25) is 0 Å². The number of nitrogens with zero attached hydrogens (tertiary/aromatic N) is 1. The van der Waals surface area contributed by atoms with Gasteiger partial charge in [0.25, 0.3) is 6.71 Å². The Labute approximate surface area is 411 Å². The third-order valence-corrected chi connectivity index (χ3v) is 15.2. The Morgan fingerprint density at radius 2 is 0.871 bits per heavy atom. The van der Waals surface area contributed by atoms with Crippen LogP contribution in [-0.4, -0.2) is 11.3 Å². The van der Waals surface area contributed by atoms with Crippen molar-refractivity contribution in [2.75, 3.05) is 0 Å². The van der Waals surface area contributed by atoms with Crippen LogP contribution in [0.15, 0.2) is 188 Å². The van der Waals surface area contributed by atoms with E-state index in [1.165, 1.54) is 133 Å². The summed E-state index contributed by atoms with van der Waals surface area (Å²) >= 11 is 0. The molecule has 2 nitrogen and oxygen atoms in total. The predicted molar refractivity (Wildman–Crippen MR) is 298 cm³/mol. The molecule has 0 atom stereocenters. The van der Waals surface area contributed by atoms with Crippen molar-refractivity contribution in [1.29, 1.82) is 0 Å². The molecule has 0 unspecified atom stereocenters. The molecule has 0 radical (unpaired) electrons. The highest BCUT2D eigenvalue weighted by molar-refractivity contribution is 6.99. The monoisotopic (exact) mass is 897 g/mol. The second kappa shape index (κ2) is 16.0. The van der Waals surface area contributed by atoms with Gasteiger partial charge in [-0.2, -0.15) is 0 Å². The molecule has 2 aliphatic rings. The molecule has 13 rings (SSSR count). The van der Waals surface area contributed by atoms with Gasteiger partial charge in [0.1, 0.15) is 11.5 Å². The second-order valence-corrected chi connectivity index (χ2v) is 20.1. The molecule has 0 amide bonds. The zero-order valence-corrected chi connectivity index (χ0v) is 40.8. The Balaban J connectivity index is 1.17. The van der Waals surface area contributed by atoms with Crippen LogP contribution in [0.1, 0.15) is 38.9 Å². The van der Waals surface area contributed by atoms with Gasteiger partial charge in [0.05, 0.1) is 5.52 Å². The molecule has 0 saturated heterocycles. The molecular weight excluding hydrogens is 846 g/mol. The smallest absolute Gasteiger partial charge is 0.256 e. The number of fused-ring (bicyclic) bond motifs is 7. The molecule has 10 aromatic carbocycles. The fraction of sp³-hybridized carbons (Fsp3) is 0.104. The second-order valence-electron chi connectivity index (χ2n) is 20.1. The molecule has 0 aliphatic carbocycles. The third kappa shape index (κ3) is 6.48. The molecule has 0 saturated carbocycles. The number of rotatable bonds is 6. The summed E-state index contributed by atoms with van der Waals surface area (Å²) < 4.78 is 10.1. The largest absolute Gasteiger partial charge is 0.458 e. The van der Waals surface area contributed by atoms with Gasteiger partial charge >= 0.3 is 0 Å². The van der Waals surface area contributed by atoms with Crippen molar-refractivity contribution in [3.05, 3.63) is 227 Å². The van der Waals surface area contributed by atoms with Crippen LogP contribution in [-0.2, 0) is 0 Å².